The lowest BCUT2D eigenvalue weighted by molar-refractivity contribution is -0.120. The minimum Gasteiger partial charge on any atom is -0.344 e. The Bertz CT molecular complexity index is 645. The van der Waals surface area contributed by atoms with Crippen LogP contribution in [0.3, 0.4) is 0 Å². The van der Waals surface area contributed by atoms with Crippen LogP contribution in [0, 0.1) is 12.3 Å². The Morgan fingerprint density at radius 1 is 1.63 bits per heavy atom. The van der Waals surface area contributed by atoms with Gasteiger partial charge >= 0.3 is 0 Å². The number of carbonyl (C=O) groups excluding carboxylic acids is 1. The Kier molecular flexibility index (Phi) is 4.02. The zero-order valence-corrected chi connectivity index (χ0v) is 11.4. The average Bonchev–Trinajstić information content (AvgIpc) is 2.79. The number of nitrogens with one attached hydrogen (secondary N) is 1. The van der Waals surface area contributed by atoms with E-state index in [0.717, 1.165) is 16.1 Å². The molecule has 2 heterocycles. The highest BCUT2D eigenvalue weighted by Crippen LogP contribution is 2.27. The maximum absolute atomic E-state index is 11.8. The molecule has 19 heavy (non-hydrogen) atoms. The third-order valence-electron chi connectivity index (χ3n) is 2.52. The van der Waals surface area contributed by atoms with Gasteiger partial charge in [-0.1, -0.05) is 17.7 Å². The topological polar surface area (TPSA) is 72.7 Å². The second kappa shape index (κ2) is 5.71. The Hall–Kier alpha value is -2.07. The van der Waals surface area contributed by atoms with Crippen molar-refractivity contribution in [2.75, 3.05) is 6.54 Å². The van der Waals surface area contributed by atoms with E-state index in [1.807, 2.05) is 7.05 Å². The average molecular weight is 275 g/mol. The van der Waals surface area contributed by atoms with Crippen LogP contribution in [0.5, 0.6) is 0 Å². The van der Waals surface area contributed by atoms with Gasteiger partial charge in [0.15, 0.2) is 5.65 Å². The molecule has 0 saturated heterocycles. The standard InChI is InChI=1S/C12H13N5OS/c1-4-5-13-11(18)8(2)19-12-9-6-16-17(3)10(9)14-7-15-12/h1,6-8H,5H2,2-3H3,(H,13,18). The highest BCUT2D eigenvalue weighted by Gasteiger charge is 2.17. The van der Waals surface area contributed by atoms with Gasteiger partial charge in [-0.25, -0.2) is 9.97 Å². The van der Waals surface area contributed by atoms with Crippen molar-refractivity contribution in [2.45, 2.75) is 17.2 Å². The molecule has 1 amide bonds. The fourth-order valence-corrected chi connectivity index (χ4v) is 2.44. The van der Waals surface area contributed by atoms with E-state index in [9.17, 15) is 4.79 Å². The molecule has 98 valence electrons. The number of rotatable bonds is 4. The van der Waals surface area contributed by atoms with Crippen molar-refractivity contribution in [3.8, 4) is 12.3 Å². The van der Waals surface area contributed by atoms with E-state index in [1.165, 1.54) is 18.1 Å². The molecule has 0 aliphatic rings. The van der Waals surface area contributed by atoms with Gasteiger partial charge in [0, 0.05) is 7.05 Å². The lowest BCUT2D eigenvalue weighted by Crippen LogP contribution is -2.31. The van der Waals surface area contributed by atoms with Gasteiger partial charge in [-0.05, 0) is 6.92 Å². The molecule has 0 bridgehead atoms. The van der Waals surface area contributed by atoms with Gasteiger partial charge in [0.2, 0.25) is 5.91 Å². The van der Waals surface area contributed by atoms with E-state index < -0.39 is 0 Å². The number of hydrogen-bond donors (Lipinski definition) is 1. The molecule has 0 aliphatic heterocycles. The fourth-order valence-electron chi connectivity index (χ4n) is 1.54. The lowest BCUT2D eigenvalue weighted by Gasteiger charge is -2.10. The summed E-state index contributed by atoms with van der Waals surface area (Å²) < 4.78 is 1.67. The van der Waals surface area contributed by atoms with Crippen molar-refractivity contribution in [3.05, 3.63) is 12.5 Å². The monoisotopic (exact) mass is 275 g/mol. The Balaban J connectivity index is 2.17. The summed E-state index contributed by atoms with van der Waals surface area (Å²) in [5.41, 5.74) is 0.744. The van der Waals surface area contributed by atoms with E-state index in [-0.39, 0.29) is 17.7 Å². The van der Waals surface area contributed by atoms with Gasteiger partial charge in [-0.2, -0.15) is 5.10 Å². The first kappa shape index (κ1) is 13.4. The molecule has 2 aromatic heterocycles. The Morgan fingerprint density at radius 3 is 3.16 bits per heavy atom. The van der Waals surface area contributed by atoms with E-state index in [1.54, 1.807) is 17.8 Å². The van der Waals surface area contributed by atoms with Crippen molar-refractivity contribution in [1.82, 2.24) is 25.1 Å². The minimum absolute atomic E-state index is 0.112. The molecular formula is C12H13N5OS. The van der Waals surface area contributed by atoms with Crippen LogP contribution < -0.4 is 5.32 Å². The molecule has 7 heteroatoms. The zero-order valence-electron chi connectivity index (χ0n) is 10.6. The summed E-state index contributed by atoms with van der Waals surface area (Å²) in [6.07, 6.45) is 8.27. The third-order valence-corrected chi connectivity index (χ3v) is 3.63. The summed E-state index contributed by atoms with van der Waals surface area (Å²) in [6.45, 7) is 2.04. The van der Waals surface area contributed by atoms with Crippen molar-refractivity contribution in [2.24, 2.45) is 7.05 Å². The van der Waals surface area contributed by atoms with Gasteiger partial charge in [0.05, 0.1) is 23.4 Å². The lowest BCUT2D eigenvalue weighted by atomic mass is 10.4. The summed E-state index contributed by atoms with van der Waals surface area (Å²) in [5, 5.41) is 8.07. The number of hydrogen-bond acceptors (Lipinski definition) is 5. The first-order valence-electron chi connectivity index (χ1n) is 5.64. The summed E-state index contributed by atoms with van der Waals surface area (Å²) in [4.78, 5) is 20.1. The highest BCUT2D eigenvalue weighted by atomic mass is 32.2. The third kappa shape index (κ3) is 2.85. The van der Waals surface area contributed by atoms with E-state index in [0.29, 0.717) is 0 Å². The second-order valence-electron chi connectivity index (χ2n) is 3.87. The molecule has 0 aromatic carbocycles. The predicted octanol–water partition coefficient (Wildman–Crippen LogP) is 0.593. The van der Waals surface area contributed by atoms with Crippen molar-refractivity contribution < 1.29 is 4.79 Å². The first-order valence-corrected chi connectivity index (χ1v) is 6.52. The van der Waals surface area contributed by atoms with Crippen LogP contribution in [0.2, 0.25) is 0 Å². The van der Waals surface area contributed by atoms with Crippen LogP contribution in [-0.4, -0.2) is 37.5 Å². The smallest absolute Gasteiger partial charge is 0.234 e. The van der Waals surface area contributed by atoms with E-state index >= 15 is 0 Å². The van der Waals surface area contributed by atoms with Crippen molar-refractivity contribution in [1.29, 1.82) is 0 Å². The first-order chi connectivity index (χ1) is 9.13. The zero-order chi connectivity index (χ0) is 13.8. The van der Waals surface area contributed by atoms with Crippen LogP contribution in [0.25, 0.3) is 11.0 Å². The number of nitrogens with zero attached hydrogens (tertiary/aromatic N) is 4. The molecule has 0 spiro atoms. The molecule has 0 fully saturated rings. The fraction of sp³-hybridized carbons (Fsp3) is 0.333. The maximum Gasteiger partial charge on any atom is 0.234 e. The van der Waals surface area contributed by atoms with Crippen molar-refractivity contribution in [3.63, 3.8) is 0 Å². The number of fused-ring (bicyclic) bond motifs is 1. The van der Waals surface area contributed by atoms with Gasteiger partial charge in [-0.3, -0.25) is 9.48 Å². The molecular weight excluding hydrogens is 262 g/mol. The SMILES string of the molecule is C#CCNC(=O)C(C)Sc1ncnc2c1cnn2C. The number of terminal acetylenes is 1. The summed E-state index contributed by atoms with van der Waals surface area (Å²) in [6, 6.07) is 0. The molecule has 0 saturated carbocycles. The molecule has 2 aromatic rings. The molecule has 1 N–H and O–H groups in total. The molecule has 0 radical (unpaired) electrons. The van der Waals surface area contributed by atoms with Crippen LogP contribution >= 0.6 is 11.8 Å². The largest absolute Gasteiger partial charge is 0.344 e. The molecule has 2 rings (SSSR count). The van der Waals surface area contributed by atoms with Crippen LogP contribution in [-0.2, 0) is 11.8 Å². The second-order valence-corrected chi connectivity index (χ2v) is 5.20. The van der Waals surface area contributed by atoms with E-state index in [4.69, 9.17) is 6.42 Å². The van der Waals surface area contributed by atoms with E-state index in [2.05, 4.69) is 26.3 Å². The molecule has 1 unspecified atom stereocenters. The number of carbonyl (C=O) groups is 1. The normalized spacial score (nSPS) is 12.1. The summed E-state index contributed by atoms with van der Waals surface area (Å²) in [7, 11) is 1.81. The quantitative estimate of drug-likeness (QED) is 0.502. The van der Waals surface area contributed by atoms with Crippen LogP contribution in [0.15, 0.2) is 17.6 Å². The number of aromatic nitrogens is 4. The molecule has 1 atom stereocenters. The van der Waals surface area contributed by atoms with Gasteiger partial charge in [0.1, 0.15) is 11.4 Å². The summed E-state index contributed by atoms with van der Waals surface area (Å²) >= 11 is 1.36. The van der Waals surface area contributed by atoms with Gasteiger partial charge < -0.3 is 5.32 Å². The molecule has 0 aliphatic carbocycles. The van der Waals surface area contributed by atoms with Gasteiger partial charge in [0.25, 0.3) is 0 Å². The minimum atomic E-state index is -0.286. The number of thioether (sulfide) groups is 1. The number of aryl methyl sites for hydroxylation is 1. The predicted molar refractivity (Wildman–Crippen MR) is 73.5 cm³/mol. The van der Waals surface area contributed by atoms with Crippen molar-refractivity contribution >= 4 is 28.7 Å². The van der Waals surface area contributed by atoms with Gasteiger partial charge in [-0.15, -0.1) is 6.42 Å². The maximum atomic E-state index is 11.8. The molecule has 6 nitrogen and oxygen atoms in total. The summed E-state index contributed by atoms with van der Waals surface area (Å²) in [5.74, 6) is 2.26. The van der Waals surface area contributed by atoms with Crippen LogP contribution in [0.1, 0.15) is 6.92 Å². The Morgan fingerprint density at radius 2 is 2.42 bits per heavy atom. The Labute approximate surface area is 115 Å². The van der Waals surface area contributed by atoms with Crippen LogP contribution in [0.4, 0.5) is 0 Å². The highest BCUT2D eigenvalue weighted by molar-refractivity contribution is 8.00. The number of amides is 1.